The zero-order valence-electron chi connectivity index (χ0n) is 10.4. The molecule has 0 unspecified atom stereocenters. The molecule has 0 saturated carbocycles. The Hall–Kier alpha value is -2.51. The van der Waals surface area contributed by atoms with Crippen molar-refractivity contribution in [2.75, 3.05) is 5.32 Å². The monoisotopic (exact) mass is 286 g/mol. The summed E-state index contributed by atoms with van der Waals surface area (Å²) in [6, 6.07) is 13.6. The Morgan fingerprint density at radius 1 is 1.30 bits per heavy atom. The third kappa shape index (κ3) is 3.28. The molecular weight excluding hydrogens is 276 g/mol. The van der Waals surface area contributed by atoms with Gasteiger partial charge in [-0.15, -0.1) is 0 Å². The second-order valence-electron chi connectivity index (χ2n) is 4.17. The summed E-state index contributed by atoms with van der Waals surface area (Å²) in [5, 5.41) is 21.4. The molecule has 0 fully saturated rings. The van der Waals surface area contributed by atoms with Crippen LogP contribution in [-0.2, 0) is 6.54 Å². The second-order valence-corrected chi connectivity index (χ2v) is 4.57. The zero-order chi connectivity index (χ0) is 14.5. The van der Waals surface area contributed by atoms with Crippen LogP contribution in [0.2, 0.25) is 5.02 Å². The number of hydrogen-bond donors (Lipinski definition) is 2. The molecule has 0 saturated heterocycles. The van der Waals surface area contributed by atoms with E-state index in [0.717, 1.165) is 5.56 Å². The Bertz CT molecular complexity index is 693. The van der Waals surface area contributed by atoms with Crippen LogP contribution in [0.15, 0.2) is 42.5 Å². The Labute approximate surface area is 121 Å². The molecule has 100 valence electrons. The first kappa shape index (κ1) is 13.9. The van der Waals surface area contributed by atoms with E-state index in [-0.39, 0.29) is 5.56 Å². The van der Waals surface area contributed by atoms with Crippen LogP contribution in [0.1, 0.15) is 21.5 Å². The van der Waals surface area contributed by atoms with Crippen LogP contribution in [0.25, 0.3) is 0 Å². The van der Waals surface area contributed by atoms with Crippen molar-refractivity contribution >= 4 is 23.3 Å². The van der Waals surface area contributed by atoms with Gasteiger partial charge in [0.05, 0.1) is 27.9 Å². The normalized spacial score (nSPS) is 9.80. The number of anilines is 1. The molecule has 2 N–H and O–H groups in total. The van der Waals surface area contributed by atoms with Crippen LogP contribution in [0.3, 0.4) is 0 Å². The van der Waals surface area contributed by atoms with Crippen molar-refractivity contribution in [1.29, 1.82) is 5.26 Å². The Morgan fingerprint density at radius 2 is 2.10 bits per heavy atom. The second kappa shape index (κ2) is 6.09. The highest BCUT2D eigenvalue weighted by atomic mass is 35.5. The molecule has 0 amide bonds. The number of aromatic carboxylic acids is 1. The van der Waals surface area contributed by atoms with Gasteiger partial charge in [-0.3, -0.25) is 0 Å². The van der Waals surface area contributed by atoms with Gasteiger partial charge in [0.25, 0.3) is 0 Å². The summed E-state index contributed by atoms with van der Waals surface area (Å²) in [6.07, 6.45) is 0. The van der Waals surface area contributed by atoms with Gasteiger partial charge in [-0.25, -0.2) is 4.79 Å². The lowest BCUT2D eigenvalue weighted by molar-refractivity contribution is 0.0697. The Kier molecular flexibility index (Phi) is 4.24. The molecule has 0 aliphatic carbocycles. The number of nitrogens with zero attached hydrogens (tertiary/aromatic N) is 1. The molecule has 0 aliphatic rings. The summed E-state index contributed by atoms with van der Waals surface area (Å²) in [4.78, 5) is 10.9. The number of carboxylic acids is 1. The van der Waals surface area contributed by atoms with E-state index >= 15 is 0 Å². The number of nitriles is 1. The van der Waals surface area contributed by atoms with Gasteiger partial charge in [0.2, 0.25) is 0 Å². The molecule has 0 atom stereocenters. The van der Waals surface area contributed by atoms with E-state index in [0.29, 0.717) is 22.8 Å². The van der Waals surface area contributed by atoms with Crippen LogP contribution < -0.4 is 5.32 Å². The van der Waals surface area contributed by atoms with Gasteiger partial charge < -0.3 is 10.4 Å². The lowest BCUT2D eigenvalue weighted by atomic mass is 10.1. The third-order valence-corrected chi connectivity index (χ3v) is 3.08. The Balaban J connectivity index is 2.15. The molecule has 4 nitrogen and oxygen atoms in total. The first-order valence-electron chi connectivity index (χ1n) is 5.86. The van der Waals surface area contributed by atoms with Gasteiger partial charge in [0.1, 0.15) is 0 Å². The lowest BCUT2D eigenvalue weighted by Gasteiger charge is -2.09. The van der Waals surface area contributed by atoms with E-state index in [1.807, 2.05) is 12.1 Å². The predicted octanol–water partition coefficient (Wildman–Crippen LogP) is 3.52. The average molecular weight is 287 g/mol. The molecule has 5 heteroatoms. The fraction of sp³-hybridized carbons (Fsp3) is 0.0667. The quantitative estimate of drug-likeness (QED) is 0.902. The average Bonchev–Trinajstić information content (AvgIpc) is 2.46. The lowest BCUT2D eigenvalue weighted by Crippen LogP contribution is -2.03. The number of nitrogens with one attached hydrogen (secondary N) is 1. The topological polar surface area (TPSA) is 73.1 Å². The SMILES string of the molecule is N#Cc1ccc(Cl)c(NCc2cccc(C(=O)O)c2)c1. The van der Waals surface area contributed by atoms with Crippen LogP contribution in [0, 0.1) is 11.3 Å². The summed E-state index contributed by atoms with van der Waals surface area (Å²) >= 11 is 6.04. The standard InChI is InChI=1S/C15H11ClN2O2/c16-13-5-4-10(8-17)7-14(13)18-9-11-2-1-3-12(6-11)15(19)20/h1-7,18H,9H2,(H,19,20). The van der Waals surface area contributed by atoms with Crippen molar-refractivity contribution in [2.45, 2.75) is 6.54 Å². The van der Waals surface area contributed by atoms with E-state index in [2.05, 4.69) is 5.32 Å². The van der Waals surface area contributed by atoms with E-state index in [4.69, 9.17) is 22.0 Å². The summed E-state index contributed by atoms with van der Waals surface area (Å²) in [7, 11) is 0. The van der Waals surface area contributed by atoms with Crippen LogP contribution in [-0.4, -0.2) is 11.1 Å². The molecule has 2 aromatic carbocycles. The molecule has 2 aromatic rings. The van der Waals surface area contributed by atoms with Gasteiger partial charge in [-0.1, -0.05) is 23.7 Å². The number of carboxylic acid groups (broad SMARTS) is 1. The summed E-state index contributed by atoms with van der Waals surface area (Å²) in [5.41, 5.74) is 2.21. The van der Waals surface area contributed by atoms with Crippen LogP contribution >= 0.6 is 11.6 Å². The number of rotatable bonds is 4. The minimum atomic E-state index is -0.962. The van der Waals surface area contributed by atoms with Gasteiger partial charge in [-0.2, -0.15) is 5.26 Å². The maximum absolute atomic E-state index is 10.9. The van der Waals surface area contributed by atoms with Crippen LogP contribution in [0.4, 0.5) is 5.69 Å². The molecule has 0 aliphatic heterocycles. The fourth-order valence-corrected chi connectivity index (χ4v) is 1.93. The van der Waals surface area contributed by atoms with E-state index < -0.39 is 5.97 Å². The van der Waals surface area contributed by atoms with Crippen LogP contribution in [0.5, 0.6) is 0 Å². The Morgan fingerprint density at radius 3 is 2.80 bits per heavy atom. The van der Waals surface area contributed by atoms with E-state index in [1.165, 1.54) is 6.07 Å². The number of benzene rings is 2. The van der Waals surface area contributed by atoms with Gasteiger partial charge in [0.15, 0.2) is 0 Å². The third-order valence-electron chi connectivity index (χ3n) is 2.75. The largest absolute Gasteiger partial charge is 0.478 e. The highest BCUT2D eigenvalue weighted by molar-refractivity contribution is 6.33. The maximum atomic E-state index is 10.9. The van der Waals surface area contributed by atoms with Crippen molar-refractivity contribution in [3.8, 4) is 6.07 Å². The number of hydrogen-bond acceptors (Lipinski definition) is 3. The van der Waals surface area contributed by atoms with Gasteiger partial charge in [0, 0.05) is 6.54 Å². The van der Waals surface area contributed by atoms with Gasteiger partial charge >= 0.3 is 5.97 Å². The number of halogens is 1. The molecule has 0 aromatic heterocycles. The van der Waals surface area contributed by atoms with Crippen molar-refractivity contribution in [3.63, 3.8) is 0 Å². The molecule has 20 heavy (non-hydrogen) atoms. The van der Waals surface area contributed by atoms with Crippen molar-refractivity contribution < 1.29 is 9.90 Å². The van der Waals surface area contributed by atoms with E-state index in [1.54, 1.807) is 30.3 Å². The summed E-state index contributed by atoms with van der Waals surface area (Å²) in [5.74, 6) is -0.962. The molecule has 2 rings (SSSR count). The maximum Gasteiger partial charge on any atom is 0.335 e. The fourth-order valence-electron chi connectivity index (χ4n) is 1.74. The van der Waals surface area contributed by atoms with Crippen molar-refractivity contribution in [1.82, 2.24) is 0 Å². The molecule has 0 spiro atoms. The predicted molar refractivity (Wildman–Crippen MR) is 76.9 cm³/mol. The highest BCUT2D eigenvalue weighted by Crippen LogP contribution is 2.23. The molecular formula is C15H11ClN2O2. The molecule has 0 heterocycles. The minimum Gasteiger partial charge on any atom is -0.478 e. The molecule has 0 radical (unpaired) electrons. The van der Waals surface area contributed by atoms with E-state index in [9.17, 15) is 4.79 Å². The first-order chi connectivity index (χ1) is 9.60. The van der Waals surface area contributed by atoms with Gasteiger partial charge in [-0.05, 0) is 35.9 Å². The van der Waals surface area contributed by atoms with Crippen molar-refractivity contribution in [3.05, 3.63) is 64.2 Å². The smallest absolute Gasteiger partial charge is 0.335 e. The molecule has 0 bridgehead atoms. The van der Waals surface area contributed by atoms with Crippen molar-refractivity contribution in [2.24, 2.45) is 0 Å². The highest BCUT2D eigenvalue weighted by Gasteiger charge is 2.05. The summed E-state index contributed by atoms with van der Waals surface area (Å²) in [6.45, 7) is 0.426. The minimum absolute atomic E-state index is 0.237. The summed E-state index contributed by atoms with van der Waals surface area (Å²) < 4.78 is 0. The number of carbonyl (C=O) groups is 1. The zero-order valence-corrected chi connectivity index (χ0v) is 11.2. The first-order valence-corrected chi connectivity index (χ1v) is 6.23.